The van der Waals surface area contributed by atoms with Crippen molar-refractivity contribution in [2.45, 2.75) is 64.7 Å². The minimum absolute atomic E-state index is 0.0715. The molecular formula is C29H36N6O7. The van der Waals surface area contributed by atoms with Crippen molar-refractivity contribution in [3.8, 4) is 11.5 Å². The van der Waals surface area contributed by atoms with Gasteiger partial charge in [0.1, 0.15) is 35.4 Å². The van der Waals surface area contributed by atoms with Crippen molar-refractivity contribution in [2.24, 2.45) is 0 Å². The lowest BCUT2D eigenvalue weighted by molar-refractivity contribution is -0.153. The van der Waals surface area contributed by atoms with E-state index >= 15 is 0 Å². The van der Waals surface area contributed by atoms with E-state index in [1.54, 1.807) is 62.9 Å². The number of benzene rings is 2. The Labute approximate surface area is 244 Å². The van der Waals surface area contributed by atoms with Crippen molar-refractivity contribution in [1.29, 1.82) is 0 Å². The first kappa shape index (κ1) is 30.2. The largest absolute Gasteiger partial charge is 0.497 e. The molecule has 1 fully saturated rings. The van der Waals surface area contributed by atoms with E-state index in [-0.39, 0.29) is 32.1 Å². The first-order chi connectivity index (χ1) is 20.1. The third kappa shape index (κ3) is 7.89. The van der Waals surface area contributed by atoms with Crippen molar-refractivity contribution in [3.63, 3.8) is 0 Å². The summed E-state index contributed by atoms with van der Waals surface area (Å²) >= 11 is 0. The third-order valence-electron chi connectivity index (χ3n) is 6.43. The number of amides is 3. The molecule has 1 aliphatic rings. The Bertz CT molecular complexity index is 1390. The maximum absolute atomic E-state index is 13.3. The highest BCUT2D eigenvalue weighted by Crippen LogP contribution is 2.30. The van der Waals surface area contributed by atoms with E-state index in [1.807, 2.05) is 36.4 Å². The van der Waals surface area contributed by atoms with E-state index in [1.165, 1.54) is 0 Å². The number of nitrogens with zero attached hydrogens (tertiary/aromatic N) is 4. The van der Waals surface area contributed by atoms with Crippen LogP contribution in [0, 0.1) is 0 Å². The summed E-state index contributed by atoms with van der Waals surface area (Å²) in [5.74, 6) is 0.912. The molecule has 0 aliphatic carbocycles. The molecule has 2 N–H and O–H groups in total. The van der Waals surface area contributed by atoms with Gasteiger partial charge in [0.25, 0.3) is 0 Å². The maximum Gasteiger partial charge on any atom is 0.408 e. The number of carbonyl (C=O) groups is 3. The molecule has 0 radical (unpaired) electrons. The number of nitrogens with one attached hydrogen (secondary N) is 2. The van der Waals surface area contributed by atoms with E-state index in [0.29, 0.717) is 17.2 Å². The number of carbonyl (C=O) groups excluding carboxylic acids is 3. The van der Waals surface area contributed by atoms with Gasteiger partial charge in [0.15, 0.2) is 0 Å². The van der Waals surface area contributed by atoms with Gasteiger partial charge in [-0.25, -0.2) is 9.59 Å². The zero-order valence-corrected chi connectivity index (χ0v) is 24.3. The van der Waals surface area contributed by atoms with Crippen LogP contribution in [0.4, 0.5) is 9.59 Å². The Morgan fingerprint density at radius 3 is 2.48 bits per heavy atom. The average molecular weight is 581 g/mol. The van der Waals surface area contributed by atoms with Gasteiger partial charge in [-0.15, -0.1) is 5.10 Å². The molecule has 4 rings (SSSR count). The summed E-state index contributed by atoms with van der Waals surface area (Å²) in [4.78, 5) is 39.5. The summed E-state index contributed by atoms with van der Waals surface area (Å²) in [6, 6.07) is 13.3. The normalized spacial score (nSPS) is 16.3. The Balaban J connectivity index is 1.45. The zero-order valence-electron chi connectivity index (χ0n) is 24.3. The second-order valence-corrected chi connectivity index (χ2v) is 10.7. The first-order valence-corrected chi connectivity index (χ1v) is 13.4. The van der Waals surface area contributed by atoms with Crippen LogP contribution in [-0.2, 0) is 40.5 Å². The Hall–Kier alpha value is -4.81. The van der Waals surface area contributed by atoms with Gasteiger partial charge in [0, 0.05) is 18.2 Å². The molecule has 3 aromatic rings. The second-order valence-electron chi connectivity index (χ2n) is 10.7. The van der Waals surface area contributed by atoms with Crippen LogP contribution in [0.25, 0.3) is 0 Å². The lowest BCUT2D eigenvalue weighted by Gasteiger charge is -2.47. The van der Waals surface area contributed by atoms with E-state index in [0.717, 1.165) is 11.1 Å². The fraction of sp³-hybridized carbons (Fsp3) is 0.414. The average Bonchev–Trinajstić information content (AvgIpc) is 3.43. The zero-order chi connectivity index (χ0) is 30.3. The molecule has 42 heavy (non-hydrogen) atoms. The predicted octanol–water partition coefficient (Wildman–Crippen LogP) is 3.03. The van der Waals surface area contributed by atoms with E-state index in [4.69, 9.17) is 18.9 Å². The molecule has 0 unspecified atom stereocenters. The number of methoxy groups -OCH3 is 2. The van der Waals surface area contributed by atoms with Crippen LogP contribution in [0.5, 0.6) is 11.5 Å². The van der Waals surface area contributed by atoms with Gasteiger partial charge in [0.05, 0.1) is 39.5 Å². The quantitative estimate of drug-likeness (QED) is 0.327. The van der Waals surface area contributed by atoms with Crippen LogP contribution in [-0.4, -0.2) is 69.9 Å². The Morgan fingerprint density at radius 2 is 1.79 bits per heavy atom. The van der Waals surface area contributed by atoms with Gasteiger partial charge in [-0.2, -0.15) is 0 Å². The molecule has 0 spiro atoms. The number of likely N-dealkylation sites (tertiary alicyclic amines) is 1. The summed E-state index contributed by atoms with van der Waals surface area (Å²) < 4.78 is 23.0. The molecule has 1 saturated heterocycles. The Morgan fingerprint density at radius 1 is 1.02 bits per heavy atom. The predicted molar refractivity (Wildman–Crippen MR) is 151 cm³/mol. The molecule has 2 aromatic carbocycles. The SMILES string of the molecule is COc1ccc(CN2C(=O)[C@@H](NC(=O)OCc3ccccc3)[C@H]2Cn2cc(CNC(=O)OC(C)(C)C)nn2)c(OC)c1. The monoisotopic (exact) mass is 580 g/mol. The van der Waals surface area contributed by atoms with Crippen LogP contribution in [0.1, 0.15) is 37.6 Å². The number of hydrogen-bond donors (Lipinski definition) is 2. The van der Waals surface area contributed by atoms with Crippen molar-refractivity contribution >= 4 is 18.1 Å². The summed E-state index contributed by atoms with van der Waals surface area (Å²) in [5.41, 5.74) is 1.47. The molecule has 1 aromatic heterocycles. The highest BCUT2D eigenvalue weighted by atomic mass is 16.6. The molecule has 13 heteroatoms. The molecule has 0 bridgehead atoms. The van der Waals surface area contributed by atoms with E-state index in [2.05, 4.69) is 20.9 Å². The number of β-lactam (4-membered cyclic amide) rings is 1. The van der Waals surface area contributed by atoms with Gasteiger partial charge in [0.2, 0.25) is 5.91 Å². The van der Waals surface area contributed by atoms with Crippen LogP contribution in [0.2, 0.25) is 0 Å². The van der Waals surface area contributed by atoms with Crippen molar-refractivity contribution in [1.82, 2.24) is 30.5 Å². The molecule has 2 atom stereocenters. The molecule has 13 nitrogen and oxygen atoms in total. The van der Waals surface area contributed by atoms with Crippen molar-refractivity contribution < 1.29 is 33.3 Å². The number of alkyl carbamates (subject to hydrolysis) is 2. The molecule has 1 aliphatic heterocycles. The number of rotatable bonds is 11. The van der Waals surface area contributed by atoms with E-state index < -0.39 is 29.9 Å². The van der Waals surface area contributed by atoms with Crippen LogP contribution in [0.3, 0.4) is 0 Å². The molecule has 0 saturated carbocycles. The summed E-state index contributed by atoms with van der Waals surface area (Å²) in [6.07, 6.45) is 0.390. The molecule has 3 amide bonds. The van der Waals surface area contributed by atoms with Gasteiger partial charge >= 0.3 is 12.2 Å². The number of aromatic nitrogens is 3. The number of hydrogen-bond acceptors (Lipinski definition) is 9. The maximum atomic E-state index is 13.3. The van der Waals surface area contributed by atoms with Crippen LogP contribution in [0.15, 0.2) is 54.7 Å². The lowest BCUT2D eigenvalue weighted by atomic mass is 9.93. The van der Waals surface area contributed by atoms with E-state index in [9.17, 15) is 14.4 Å². The van der Waals surface area contributed by atoms with Gasteiger partial charge in [-0.3, -0.25) is 9.48 Å². The highest BCUT2D eigenvalue weighted by molar-refractivity contribution is 5.92. The smallest absolute Gasteiger partial charge is 0.408 e. The third-order valence-corrected chi connectivity index (χ3v) is 6.43. The Kier molecular flexibility index (Phi) is 9.50. The van der Waals surface area contributed by atoms with Gasteiger partial charge < -0.3 is 34.5 Å². The van der Waals surface area contributed by atoms with Gasteiger partial charge in [-0.05, 0) is 38.5 Å². The first-order valence-electron chi connectivity index (χ1n) is 13.4. The van der Waals surface area contributed by atoms with Crippen molar-refractivity contribution in [2.75, 3.05) is 14.2 Å². The fourth-order valence-electron chi connectivity index (χ4n) is 4.40. The molecule has 2 heterocycles. The van der Waals surface area contributed by atoms with Crippen molar-refractivity contribution in [3.05, 3.63) is 71.5 Å². The summed E-state index contributed by atoms with van der Waals surface area (Å²) in [5, 5.41) is 13.6. The van der Waals surface area contributed by atoms with Gasteiger partial charge in [-0.1, -0.05) is 35.5 Å². The fourth-order valence-corrected chi connectivity index (χ4v) is 4.40. The standard InChI is InChI=1S/C29H36N6O7/c1-29(2,3)42-27(37)30-14-21-16-34(33-32-21)17-23-25(31-28(38)41-18-19-9-7-6-8-10-19)26(36)35(23)15-20-11-12-22(39-4)13-24(20)40-5/h6-13,16,23,25H,14-15,17-18H2,1-5H3,(H,30,37)(H,31,38)/t23-,25+/m1/s1. The number of ether oxygens (including phenoxy) is 4. The minimum Gasteiger partial charge on any atom is -0.497 e. The van der Waals surface area contributed by atoms with Crippen LogP contribution < -0.4 is 20.1 Å². The second kappa shape index (κ2) is 13.2. The minimum atomic E-state index is -0.843. The topological polar surface area (TPSA) is 146 Å². The lowest BCUT2D eigenvalue weighted by Crippen LogP contribution is -2.71. The molecular weight excluding hydrogens is 544 g/mol. The molecule has 224 valence electrons. The summed E-state index contributed by atoms with van der Waals surface area (Å²) in [6.45, 7) is 5.97. The highest BCUT2D eigenvalue weighted by Gasteiger charge is 2.48. The van der Waals surface area contributed by atoms with Crippen LogP contribution >= 0.6 is 0 Å². The summed E-state index contributed by atoms with van der Waals surface area (Å²) in [7, 11) is 3.11.